The Morgan fingerprint density at radius 2 is 2.25 bits per heavy atom. The van der Waals surface area contributed by atoms with Crippen LogP contribution in [0.25, 0.3) is 0 Å². The molecule has 0 spiro atoms. The summed E-state index contributed by atoms with van der Waals surface area (Å²) in [7, 11) is 2.10. The van der Waals surface area contributed by atoms with Crippen LogP contribution in [-0.2, 0) is 13.0 Å². The molecule has 2 aromatic rings. The molecule has 0 saturated carbocycles. The number of nitrogens with zero attached hydrogens (tertiary/aromatic N) is 2. The minimum absolute atomic E-state index is 0. The lowest BCUT2D eigenvalue weighted by molar-refractivity contribution is 0.103. The second kappa shape index (κ2) is 6.53. The fourth-order valence-corrected chi connectivity index (χ4v) is 4.34. The van der Waals surface area contributed by atoms with Crippen molar-refractivity contribution in [2.24, 2.45) is 0 Å². The Morgan fingerprint density at radius 3 is 2.95 bits per heavy atom. The lowest BCUT2D eigenvalue weighted by Gasteiger charge is -2.20. The highest BCUT2D eigenvalue weighted by molar-refractivity contribution is 9.11. The number of thiazole rings is 1. The summed E-state index contributed by atoms with van der Waals surface area (Å²) in [6.45, 7) is 1.95. The van der Waals surface area contributed by atoms with Gasteiger partial charge in [0.05, 0.1) is 14.4 Å². The van der Waals surface area contributed by atoms with Crippen LogP contribution < -0.4 is 5.32 Å². The van der Waals surface area contributed by atoms with Crippen LogP contribution in [0.15, 0.2) is 15.9 Å². The molecule has 1 aliphatic heterocycles. The molecular formula is C12H13BrClN3OS2. The molecule has 4 nitrogen and oxygen atoms in total. The zero-order chi connectivity index (χ0) is 13.4. The monoisotopic (exact) mass is 393 g/mol. The van der Waals surface area contributed by atoms with Crippen LogP contribution in [0.2, 0.25) is 0 Å². The first-order chi connectivity index (χ1) is 9.11. The summed E-state index contributed by atoms with van der Waals surface area (Å²) in [6, 6.07) is 3.69. The number of thiophene rings is 1. The van der Waals surface area contributed by atoms with Crippen molar-refractivity contribution in [3.63, 3.8) is 0 Å². The number of hydrogen-bond donors (Lipinski definition) is 1. The molecule has 0 fully saturated rings. The fourth-order valence-electron chi connectivity index (χ4n) is 1.97. The van der Waals surface area contributed by atoms with Crippen LogP contribution in [0.3, 0.4) is 0 Å². The van der Waals surface area contributed by atoms with E-state index in [0.29, 0.717) is 10.0 Å². The highest BCUT2D eigenvalue weighted by atomic mass is 79.9. The molecule has 8 heteroatoms. The van der Waals surface area contributed by atoms with Crippen molar-refractivity contribution in [3.8, 4) is 0 Å². The van der Waals surface area contributed by atoms with E-state index < -0.39 is 0 Å². The molecule has 0 unspecified atom stereocenters. The SMILES string of the molecule is CN1CCc2nc(NC(=O)c3ccc(Br)s3)sc2C1.Cl. The van der Waals surface area contributed by atoms with Crippen LogP contribution >= 0.6 is 51.0 Å². The third-order valence-corrected chi connectivity index (χ3v) is 5.56. The molecule has 3 heterocycles. The first-order valence-electron chi connectivity index (χ1n) is 5.85. The number of amides is 1. The second-order valence-electron chi connectivity index (χ2n) is 4.43. The Bertz CT molecular complexity index is 628. The summed E-state index contributed by atoms with van der Waals surface area (Å²) >= 11 is 6.36. The second-order valence-corrected chi connectivity index (χ2v) is 7.98. The van der Waals surface area contributed by atoms with Crippen LogP contribution in [0.1, 0.15) is 20.2 Å². The van der Waals surface area contributed by atoms with Gasteiger partial charge in [-0.1, -0.05) is 0 Å². The van der Waals surface area contributed by atoms with Gasteiger partial charge in [0.1, 0.15) is 0 Å². The minimum atomic E-state index is -0.0878. The number of anilines is 1. The zero-order valence-electron chi connectivity index (χ0n) is 10.7. The van der Waals surface area contributed by atoms with E-state index >= 15 is 0 Å². The standard InChI is InChI=1S/C12H12BrN3OS2.ClH/c1-16-5-4-7-9(6-16)19-12(14-7)15-11(17)8-2-3-10(13)18-8;/h2-3H,4-6H2,1H3,(H,14,15,17);1H. The van der Waals surface area contributed by atoms with E-state index in [2.05, 4.69) is 38.2 Å². The summed E-state index contributed by atoms with van der Waals surface area (Å²) in [5.74, 6) is -0.0878. The van der Waals surface area contributed by atoms with E-state index in [1.807, 2.05) is 12.1 Å². The largest absolute Gasteiger partial charge is 0.301 e. The van der Waals surface area contributed by atoms with E-state index in [1.165, 1.54) is 16.2 Å². The quantitative estimate of drug-likeness (QED) is 0.846. The van der Waals surface area contributed by atoms with Crippen LogP contribution in [0.4, 0.5) is 5.13 Å². The molecule has 0 aromatic carbocycles. The predicted octanol–water partition coefficient (Wildman–Crippen LogP) is 3.63. The van der Waals surface area contributed by atoms with E-state index in [1.54, 1.807) is 11.3 Å². The Labute approximate surface area is 139 Å². The molecule has 20 heavy (non-hydrogen) atoms. The molecule has 1 aliphatic rings. The topological polar surface area (TPSA) is 45.2 Å². The van der Waals surface area contributed by atoms with Gasteiger partial charge in [-0.25, -0.2) is 4.98 Å². The van der Waals surface area contributed by atoms with Crippen LogP contribution in [0.5, 0.6) is 0 Å². The average Bonchev–Trinajstić information content (AvgIpc) is 2.94. The van der Waals surface area contributed by atoms with Gasteiger partial charge in [0.25, 0.3) is 5.91 Å². The smallest absolute Gasteiger partial charge is 0.267 e. The molecular weight excluding hydrogens is 382 g/mol. The van der Waals surface area contributed by atoms with Gasteiger partial charge in [0.2, 0.25) is 0 Å². The first-order valence-corrected chi connectivity index (χ1v) is 8.28. The van der Waals surface area contributed by atoms with Crippen molar-refractivity contribution in [1.29, 1.82) is 0 Å². The molecule has 2 aromatic heterocycles. The fraction of sp³-hybridized carbons (Fsp3) is 0.333. The van der Waals surface area contributed by atoms with Gasteiger partial charge in [-0.3, -0.25) is 10.1 Å². The Balaban J connectivity index is 0.00000147. The number of fused-ring (bicyclic) bond motifs is 1. The molecule has 108 valence electrons. The van der Waals surface area contributed by atoms with Crippen molar-refractivity contribution in [3.05, 3.63) is 31.4 Å². The number of carbonyl (C=O) groups is 1. The third-order valence-electron chi connectivity index (χ3n) is 2.94. The number of halogens is 2. The number of likely N-dealkylation sites (N-methyl/N-ethyl adjacent to an activating group) is 1. The van der Waals surface area contributed by atoms with E-state index in [4.69, 9.17) is 0 Å². The summed E-state index contributed by atoms with van der Waals surface area (Å²) in [5, 5.41) is 3.59. The number of aromatic nitrogens is 1. The van der Waals surface area contributed by atoms with Gasteiger partial charge >= 0.3 is 0 Å². The number of carbonyl (C=O) groups excluding carboxylic acids is 1. The Hall–Kier alpha value is -0.470. The lowest BCUT2D eigenvalue weighted by atomic mass is 10.2. The van der Waals surface area contributed by atoms with Gasteiger partial charge in [-0.2, -0.15) is 0 Å². The molecule has 0 bridgehead atoms. The summed E-state index contributed by atoms with van der Waals surface area (Å²) in [6.07, 6.45) is 0.961. The van der Waals surface area contributed by atoms with Gasteiger partial charge in [-0.15, -0.1) is 35.1 Å². The molecule has 1 amide bonds. The molecule has 3 rings (SSSR count). The molecule has 1 N–H and O–H groups in total. The summed E-state index contributed by atoms with van der Waals surface area (Å²) in [4.78, 5) is 20.8. The van der Waals surface area contributed by atoms with E-state index in [0.717, 1.165) is 29.0 Å². The maximum atomic E-state index is 12.0. The highest BCUT2D eigenvalue weighted by Gasteiger charge is 2.19. The first kappa shape index (κ1) is 15.9. The summed E-state index contributed by atoms with van der Waals surface area (Å²) < 4.78 is 0.956. The summed E-state index contributed by atoms with van der Waals surface area (Å²) in [5.41, 5.74) is 1.13. The van der Waals surface area contributed by atoms with Crippen molar-refractivity contribution in [1.82, 2.24) is 9.88 Å². The molecule has 0 aliphatic carbocycles. The Morgan fingerprint density at radius 1 is 1.45 bits per heavy atom. The van der Waals surface area contributed by atoms with Crippen molar-refractivity contribution in [2.45, 2.75) is 13.0 Å². The van der Waals surface area contributed by atoms with Gasteiger partial charge < -0.3 is 4.90 Å². The number of rotatable bonds is 2. The van der Waals surface area contributed by atoms with Gasteiger partial charge in [0, 0.05) is 24.4 Å². The van der Waals surface area contributed by atoms with E-state index in [-0.39, 0.29) is 18.3 Å². The van der Waals surface area contributed by atoms with Gasteiger partial charge in [0.15, 0.2) is 5.13 Å². The average molecular weight is 395 g/mol. The maximum Gasteiger partial charge on any atom is 0.267 e. The predicted molar refractivity (Wildman–Crippen MR) is 89.4 cm³/mol. The molecule has 0 radical (unpaired) electrons. The third kappa shape index (κ3) is 3.40. The normalized spacial score (nSPS) is 14.5. The minimum Gasteiger partial charge on any atom is -0.301 e. The van der Waals surface area contributed by atoms with E-state index in [9.17, 15) is 4.79 Å². The number of hydrogen-bond acceptors (Lipinski definition) is 5. The molecule has 0 atom stereocenters. The van der Waals surface area contributed by atoms with Crippen LogP contribution in [-0.4, -0.2) is 29.4 Å². The zero-order valence-corrected chi connectivity index (χ0v) is 14.7. The van der Waals surface area contributed by atoms with Gasteiger partial charge in [-0.05, 0) is 35.1 Å². The Kier molecular flexibility index (Phi) is 5.19. The van der Waals surface area contributed by atoms with Crippen molar-refractivity contribution >= 4 is 62.0 Å². The molecule has 0 saturated heterocycles. The van der Waals surface area contributed by atoms with Crippen molar-refractivity contribution < 1.29 is 4.79 Å². The van der Waals surface area contributed by atoms with Crippen molar-refractivity contribution in [2.75, 3.05) is 18.9 Å². The maximum absolute atomic E-state index is 12.0. The van der Waals surface area contributed by atoms with Crippen LogP contribution in [0, 0.1) is 0 Å². The highest BCUT2D eigenvalue weighted by Crippen LogP contribution is 2.29. The number of nitrogens with one attached hydrogen (secondary N) is 1. The lowest BCUT2D eigenvalue weighted by Crippen LogP contribution is -2.25.